The van der Waals surface area contributed by atoms with Gasteiger partial charge in [0.05, 0.1) is 29.5 Å². The summed E-state index contributed by atoms with van der Waals surface area (Å²) >= 11 is 0. The van der Waals surface area contributed by atoms with Gasteiger partial charge in [0, 0.05) is 13.3 Å². The first-order chi connectivity index (χ1) is 7.31. The highest BCUT2D eigenvalue weighted by Crippen LogP contribution is 2.16. The number of hydrogen-bond acceptors (Lipinski definition) is 4. The Morgan fingerprint density at radius 1 is 1.40 bits per heavy atom. The van der Waals surface area contributed by atoms with E-state index in [4.69, 9.17) is 10.5 Å². The molecular weight excluding hydrogens is 190 g/mol. The van der Waals surface area contributed by atoms with Gasteiger partial charge in [-0.1, -0.05) is 0 Å². The molecule has 0 saturated heterocycles. The van der Waals surface area contributed by atoms with E-state index < -0.39 is 0 Å². The number of rotatable bonds is 3. The topological polar surface area (TPSA) is 61.0 Å². The average molecular weight is 203 g/mol. The molecule has 2 N–H and O–H groups in total. The smallest absolute Gasteiger partial charge is 0.0921 e. The molecule has 0 aliphatic heterocycles. The summed E-state index contributed by atoms with van der Waals surface area (Å²) in [7, 11) is 1.69. The molecule has 0 radical (unpaired) electrons. The minimum atomic E-state index is 0.638. The minimum absolute atomic E-state index is 0.638. The maximum atomic E-state index is 5.65. The average Bonchev–Trinajstić information content (AvgIpc) is 2.25. The van der Waals surface area contributed by atoms with E-state index in [1.807, 2.05) is 12.1 Å². The molecule has 2 rings (SSSR count). The Hall–Kier alpha value is -1.68. The van der Waals surface area contributed by atoms with E-state index in [0.717, 1.165) is 23.0 Å². The number of nitrogens with two attached hydrogens (primary N) is 1. The number of anilines is 1. The zero-order valence-corrected chi connectivity index (χ0v) is 8.60. The lowest BCUT2D eigenvalue weighted by Crippen LogP contribution is -1.98. The molecule has 0 aromatic carbocycles. The molecule has 0 amide bonds. The van der Waals surface area contributed by atoms with Crippen molar-refractivity contribution in [2.24, 2.45) is 0 Å². The number of aromatic nitrogens is 2. The molecule has 0 aliphatic carbocycles. The summed E-state index contributed by atoms with van der Waals surface area (Å²) in [5.41, 5.74) is 9.17. The van der Waals surface area contributed by atoms with Crippen LogP contribution in [0.1, 0.15) is 5.56 Å². The Morgan fingerprint density at radius 3 is 3.07 bits per heavy atom. The first-order valence-corrected chi connectivity index (χ1v) is 4.79. The Morgan fingerprint density at radius 2 is 2.27 bits per heavy atom. The van der Waals surface area contributed by atoms with Gasteiger partial charge in [0.25, 0.3) is 0 Å². The molecule has 0 spiro atoms. The van der Waals surface area contributed by atoms with Gasteiger partial charge in [0.1, 0.15) is 0 Å². The highest BCUT2D eigenvalue weighted by molar-refractivity contribution is 5.80. The minimum Gasteiger partial charge on any atom is -0.397 e. The molecule has 2 aromatic heterocycles. The quantitative estimate of drug-likeness (QED) is 0.819. The van der Waals surface area contributed by atoms with Crippen molar-refractivity contribution in [1.29, 1.82) is 0 Å². The summed E-state index contributed by atoms with van der Waals surface area (Å²) < 4.78 is 5.05. The SMILES string of the molecule is COCCc1ccnc2cc(N)cnc12. The maximum Gasteiger partial charge on any atom is 0.0921 e. The number of hydrogen-bond donors (Lipinski definition) is 1. The fraction of sp³-hybridized carbons (Fsp3) is 0.273. The Bertz CT molecular complexity index is 470. The van der Waals surface area contributed by atoms with Gasteiger partial charge in [-0.3, -0.25) is 9.97 Å². The fourth-order valence-corrected chi connectivity index (χ4v) is 1.51. The van der Waals surface area contributed by atoms with E-state index >= 15 is 0 Å². The van der Waals surface area contributed by atoms with Gasteiger partial charge in [0.15, 0.2) is 0 Å². The lowest BCUT2D eigenvalue weighted by atomic mass is 10.1. The van der Waals surface area contributed by atoms with Crippen LogP contribution in [0.15, 0.2) is 24.5 Å². The lowest BCUT2D eigenvalue weighted by Gasteiger charge is -2.04. The van der Waals surface area contributed by atoms with Crippen LogP contribution in [0.4, 0.5) is 5.69 Å². The molecule has 0 bridgehead atoms. The number of nitrogen functional groups attached to an aromatic ring is 1. The van der Waals surface area contributed by atoms with E-state index in [1.165, 1.54) is 0 Å². The molecule has 4 nitrogen and oxygen atoms in total. The second kappa shape index (κ2) is 4.23. The first kappa shape index (κ1) is 9.86. The van der Waals surface area contributed by atoms with Crippen molar-refractivity contribution < 1.29 is 4.74 Å². The molecule has 2 aromatic rings. The van der Waals surface area contributed by atoms with Crippen molar-refractivity contribution >= 4 is 16.7 Å². The standard InChI is InChI=1S/C11H13N3O/c1-15-5-3-8-2-4-13-10-6-9(12)7-14-11(8)10/h2,4,6-7H,3,5,12H2,1H3. The Labute approximate surface area is 88.1 Å². The Balaban J connectivity index is 2.46. The van der Waals surface area contributed by atoms with Gasteiger partial charge in [0.2, 0.25) is 0 Å². The van der Waals surface area contributed by atoms with Crippen LogP contribution in [0.25, 0.3) is 11.0 Å². The normalized spacial score (nSPS) is 10.7. The van der Waals surface area contributed by atoms with Gasteiger partial charge >= 0.3 is 0 Å². The third kappa shape index (κ3) is 2.05. The molecule has 78 valence electrons. The number of methoxy groups -OCH3 is 1. The third-order valence-corrected chi connectivity index (χ3v) is 2.26. The molecule has 15 heavy (non-hydrogen) atoms. The van der Waals surface area contributed by atoms with E-state index in [1.54, 1.807) is 19.5 Å². The number of nitrogens with zero attached hydrogens (tertiary/aromatic N) is 2. The van der Waals surface area contributed by atoms with Gasteiger partial charge < -0.3 is 10.5 Å². The van der Waals surface area contributed by atoms with Gasteiger partial charge in [-0.25, -0.2) is 0 Å². The second-order valence-electron chi connectivity index (χ2n) is 3.35. The summed E-state index contributed by atoms with van der Waals surface area (Å²) in [6, 6.07) is 3.79. The highest BCUT2D eigenvalue weighted by Gasteiger charge is 2.03. The predicted molar refractivity (Wildman–Crippen MR) is 59.5 cm³/mol. The number of ether oxygens (including phenoxy) is 1. The van der Waals surface area contributed by atoms with Crippen LogP contribution >= 0.6 is 0 Å². The molecule has 0 unspecified atom stereocenters. The molecule has 0 saturated carbocycles. The summed E-state index contributed by atoms with van der Waals surface area (Å²) in [5, 5.41) is 0. The summed E-state index contributed by atoms with van der Waals surface area (Å²) in [4.78, 5) is 8.52. The highest BCUT2D eigenvalue weighted by atomic mass is 16.5. The second-order valence-corrected chi connectivity index (χ2v) is 3.35. The maximum absolute atomic E-state index is 5.65. The molecule has 2 heterocycles. The first-order valence-electron chi connectivity index (χ1n) is 4.79. The zero-order valence-electron chi connectivity index (χ0n) is 8.60. The van der Waals surface area contributed by atoms with Gasteiger partial charge in [-0.15, -0.1) is 0 Å². The number of pyridine rings is 2. The van der Waals surface area contributed by atoms with E-state index in [9.17, 15) is 0 Å². The van der Waals surface area contributed by atoms with Gasteiger partial charge in [-0.2, -0.15) is 0 Å². The van der Waals surface area contributed by atoms with Crippen LogP contribution < -0.4 is 5.73 Å². The summed E-state index contributed by atoms with van der Waals surface area (Å²) in [5.74, 6) is 0. The van der Waals surface area contributed by atoms with Gasteiger partial charge in [-0.05, 0) is 24.1 Å². The fourth-order valence-electron chi connectivity index (χ4n) is 1.51. The molecular formula is C11H13N3O. The summed E-state index contributed by atoms with van der Waals surface area (Å²) in [6.07, 6.45) is 4.27. The summed E-state index contributed by atoms with van der Waals surface area (Å²) in [6.45, 7) is 0.686. The van der Waals surface area contributed by atoms with E-state index in [0.29, 0.717) is 12.3 Å². The van der Waals surface area contributed by atoms with Crippen LogP contribution in [-0.2, 0) is 11.2 Å². The van der Waals surface area contributed by atoms with E-state index in [2.05, 4.69) is 9.97 Å². The van der Waals surface area contributed by atoms with E-state index in [-0.39, 0.29) is 0 Å². The van der Waals surface area contributed by atoms with Crippen molar-refractivity contribution in [3.05, 3.63) is 30.1 Å². The lowest BCUT2D eigenvalue weighted by molar-refractivity contribution is 0.202. The molecule has 0 fully saturated rings. The van der Waals surface area contributed by atoms with Crippen molar-refractivity contribution in [3.8, 4) is 0 Å². The monoisotopic (exact) mass is 203 g/mol. The van der Waals surface area contributed by atoms with Crippen LogP contribution in [-0.4, -0.2) is 23.7 Å². The van der Waals surface area contributed by atoms with Crippen LogP contribution in [0.5, 0.6) is 0 Å². The third-order valence-electron chi connectivity index (χ3n) is 2.26. The zero-order chi connectivity index (χ0) is 10.7. The largest absolute Gasteiger partial charge is 0.397 e. The molecule has 4 heteroatoms. The van der Waals surface area contributed by atoms with Crippen molar-refractivity contribution in [3.63, 3.8) is 0 Å². The predicted octanol–water partition coefficient (Wildman–Crippen LogP) is 1.40. The van der Waals surface area contributed by atoms with Crippen molar-refractivity contribution in [2.45, 2.75) is 6.42 Å². The van der Waals surface area contributed by atoms with Crippen LogP contribution in [0, 0.1) is 0 Å². The molecule has 0 atom stereocenters. The Kier molecular flexibility index (Phi) is 2.78. The molecule has 0 aliphatic rings. The van der Waals surface area contributed by atoms with Crippen LogP contribution in [0.2, 0.25) is 0 Å². The van der Waals surface area contributed by atoms with Crippen LogP contribution in [0.3, 0.4) is 0 Å². The number of fused-ring (bicyclic) bond motifs is 1. The van der Waals surface area contributed by atoms with Crippen molar-refractivity contribution in [1.82, 2.24) is 9.97 Å². The van der Waals surface area contributed by atoms with Crippen molar-refractivity contribution in [2.75, 3.05) is 19.5 Å².